The Morgan fingerprint density at radius 3 is 2.73 bits per heavy atom. The van der Waals surface area contributed by atoms with Gasteiger partial charge in [-0.05, 0) is 68.9 Å². The van der Waals surface area contributed by atoms with Gasteiger partial charge in [-0.25, -0.2) is 4.98 Å². The standard InChI is InChI=1S/C25H29N3O3S2/c1-2-31-18-13-11-17(12-14-18)28-24(30)22-19-9-6-10-20(19)33-23(22)27-25(28)32-15-21(29)26-16-7-4-3-5-8-16/h11-14,16H,2-10,15H2,1H3,(H,26,29). The van der Waals surface area contributed by atoms with Gasteiger partial charge in [-0.2, -0.15) is 0 Å². The first-order valence-corrected chi connectivity index (χ1v) is 13.7. The SMILES string of the molecule is CCOc1ccc(-n2c(SCC(=O)NC3CCCCC3)nc3sc4c(c3c2=O)CCC4)cc1. The van der Waals surface area contributed by atoms with Crippen LogP contribution in [-0.2, 0) is 17.6 Å². The van der Waals surface area contributed by atoms with Crippen molar-refractivity contribution in [2.45, 2.75) is 69.5 Å². The Morgan fingerprint density at radius 2 is 1.97 bits per heavy atom. The Morgan fingerprint density at radius 1 is 1.18 bits per heavy atom. The predicted molar refractivity (Wildman–Crippen MR) is 134 cm³/mol. The second-order valence-electron chi connectivity index (χ2n) is 8.69. The van der Waals surface area contributed by atoms with Gasteiger partial charge in [-0.1, -0.05) is 31.0 Å². The van der Waals surface area contributed by atoms with Gasteiger partial charge in [0, 0.05) is 10.9 Å². The van der Waals surface area contributed by atoms with Gasteiger partial charge in [0.1, 0.15) is 10.6 Å². The van der Waals surface area contributed by atoms with E-state index in [1.807, 2.05) is 31.2 Å². The molecule has 0 spiro atoms. The van der Waals surface area contributed by atoms with Crippen molar-refractivity contribution in [1.29, 1.82) is 0 Å². The highest BCUT2D eigenvalue weighted by atomic mass is 32.2. The van der Waals surface area contributed by atoms with E-state index in [0.717, 1.165) is 53.8 Å². The number of nitrogens with one attached hydrogen (secondary N) is 1. The quantitative estimate of drug-likeness (QED) is 0.383. The minimum Gasteiger partial charge on any atom is -0.494 e. The molecule has 0 unspecified atom stereocenters. The van der Waals surface area contributed by atoms with Crippen molar-refractivity contribution in [2.24, 2.45) is 0 Å². The molecule has 5 rings (SSSR count). The maximum absolute atomic E-state index is 13.7. The summed E-state index contributed by atoms with van der Waals surface area (Å²) in [5, 5.41) is 4.48. The number of ether oxygens (including phenoxy) is 1. The molecular formula is C25H29N3O3S2. The summed E-state index contributed by atoms with van der Waals surface area (Å²) in [5.41, 5.74) is 1.86. The third-order valence-corrected chi connectivity index (χ3v) is 8.54. The molecule has 1 saturated carbocycles. The average Bonchev–Trinajstić information content (AvgIpc) is 3.40. The third kappa shape index (κ3) is 4.68. The molecule has 33 heavy (non-hydrogen) atoms. The maximum Gasteiger partial charge on any atom is 0.267 e. The first kappa shape index (κ1) is 22.5. The van der Waals surface area contributed by atoms with Crippen molar-refractivity contribution in [3.05, 3.63) is 45.1 Å². The smallest absolute Gasteiger partial charge is 0.267 e. The molecule has 8 heteroatoms. The third-order valence-electron chi connectivity index (χ3n) is 6.42. The molecule has 3 aromatic rings. The van der Waals surface area contributed by atoms with E-state index in [4.69, 9.17) is 9.72 Å². The van der Waals surface area contributed by atoms with Crippen LogP contribution in [0.15, 0.2) is 34.2 Å². The fourth-order valence-corrected chi connectivity index (χ4v) is 6.98. The van der Waals surface area contributed by atoms with Crippen molar-refractivity contribution < 1.29 is 9.53 Å². The van der Waals surface area contributed by atoms with E-state index in [2.05, 4.69) is 5.32 Å². The number of hydrogen-bond acceptors (Lipinski definition) is 6. The van der Waals surface area contributed by atoms with Gasteiger partial charge in [0.2, 0.25) is 5.91 Å². The van der Waals surface area contributed by atoms with Crippen LogP contribution in [0.5, 0.6) is 5.75 Å². The second-order valence-corrected chi connectivity index (χ2v) is 10.7. The van der Waals surface area contributed by atoms with Crippen molar-refractivity contribution in [1.82, 2.24) is 14.9 Å². The Labute approximate surface area is 201 Å². The van der Waals surface area contributed by atoms with Crippen molar-refractivity contribution in [2.75, 3.05) is 12.4 Å². The summed E-state index contributed by atoms with van der Waals surface area (Å²) in [7, 11) is 0. The lowest BCUT2D eigenvalue weighted by atomic mass is 9.95. The summed E-state index contributed by atoms with van der Waals surface area (Å²) in [6, 6.07) is 7.79. The summed E-state index contributed by atoms with van der Waals surface area (Å²) in [4.78, 5) is 33.3. The molecule has 2 aliphatic carbocycles. The van der Waals surface area contributed by atoms with Crippen LogP contribution >= 0.6 is 23.1 Å². The predicted octanol–water partition coefficient (Wildman–Crippen LogP) is 4.88. The Kier molecular flexibility index (Phi) is 6.74. The number of benzene rings is 1. The van der Waals surface area contributed by atoms with E-state index >= 15 is 0 Å². The fraction of sp³-hybridized carbons (Fsp3) is 0.480. The largest absolute Gasteiger partial charge is 0.494 e. The van der Waals surface area contributed by atoms with Gasteiger partial charge in [0.05, 0.1) is 23.4 Å². The van der Waals surface area contributed by atoms with Crippen LogP contribution in [0.4, 0.5) is 0 Å². The maximum atomic E-state index is 13.7. The summed E-state index contributed by atoms with van der Waals surface area (Å²) >= 11 is 2.97. The van der Waals surface area contributed by atoms with Gasteiger partial charge >= 0.3 is 0 Å². The number of carbonyl (C=O) groups excluding carboxylic acids is 1. The van der Waals surface area contributed by atoms with Crippen LogP contribution < -0.4 is 15.6 Å². The number of nitrogens with zero attached hydrogens (tertiary/aromatic N) is 2. The van der Waals surface area contributed by atoms with Crippen molar-refractivity contribution in [3.63, 3.8) is 0 Å². The lowest BCUT2D eigenvalue weighted by molar-refractivity contribution is -0.119. The lowest BCUT2D eigenvalue weighted by Crippen LogP contribution is -2.37. The van der Waals surface area contributed by atoms with Crippen LogP contribution in [0.2, 0.25) is 0 Å². The number of hydrogen-bond donors (Lipinski definition) is 1. The van der Waals surface area contributed by atoms with Gasteiger partial charge < -0.3 is 10.1 Å². The fourth-order valence-electron chi connectivity index (χ4n) is 4.85. The number of carbonyl (C=O) groups is 1. The topological polar surface area (TPSA) is 73.2 Å². The van der Waals surface area contributed by atoms with E-state index in [9.17, 15) is 9.59 Å². The highest BCUT2D eigenvalue weighted by Gasteiger charge is 2.24. The van der Waals surface area contributed by atoms with E-state index in [0.29, 0.717) is 11.8 Å². The van der Waals surface area contributed by atoms with Gasteiger partial charge in [0.25, 0.3) is 5.56 Å². The van der Waals surface area contributed by atoms with Gasteiger partial charge in [0.15, 0.2) is 5.16 Å². The molecular weight excluding hydrogens is 454 g/mol. The number of amides is 1. The second kappa shape index (κ2) is 9.89. The number of thioether (sulfide) groups is 1. The molecule has 6 nitrogen and oxygen atoms in total. The van der Waals surface area contributed by atoms with Gasteiger partial charge in [-0.15, -0.1) is 11.3 Å². The molecule has 174 valence electrons. The highest BCUT2D eigenvalue weighted by molar-refractivity contribution is 7.99. The summed E-state index contributed by atoms with van der Waals surface area (Å²) in [6.07, 6.45) is 8.77. The first-order chi connectivity index (χ1) is 16.1. The van der Waals surface area contributed by atoms with Crippen LogP contribution in [0.25, 0.3) is 15.9 Å². The molecule has 0 radical (unpaired) electrons. The minimum absolute atomic E-state index is 0.00756. The Bertz CT molecular complexity index is 1210. The summed E-state index contributed by atoms with van der Waals surface area (Å²) < 4.78 is 7.24. The number of rotatable bonds is 7. The van der Waals surface area contributed by atoms with E-state index in [1.165, 1.54) is 41.5 Å². The summed E-state index contributed by atoms with van der Waals surface area (Å²) in [6.45, 7) is 2.53. The molecule has 1 aromatic carbocycles. The Hall–Kier alpha value is -2.32. The number of aryl methyl sites for hydroxylation is 2. The number of aromatic nitrogens is 2. The van der Waals surface area contributed by atoms with E-state index in [-0.39, 0.29) is 23.3 Å². The van der Waals surface area contributed by atoms with Crippen LogP contribution in [-0.4, -0.2) is 33.9 Å². The summed E-state index contributed by atoms with van der Waals surface area (Å²) in [5.74, 6) is 1.02. The molecule has 1 fully saturated rings. The molecule has 0 bridgehead atoms. The molecule has 1 amide bonds. The van der Waals surface area contributed by atoms with E-state index < -0.39 is 0 Å². The number of thiophene rings is 1. The number of fused-ring (bicyclic) bond motifs is 3. The first-order valence-electron chi connectivity index (χ1n) is 11.9. The minimum atomic E-state index is -0.0428. The van der Waals surface area contributed by atoms with Gasteiger partial charge in [-0.3, -0.25) is 14.2 Å². The zero-order chi connectivity index (χ0) is 22.8. The molecule has 1 N–H and O–H groups in total. The average molecular weight is 484 g/mol. The van der Waals surface area contributed by atoms with Crippen LogP contribution in [0.1, 0.15) is 55.9 Å². The molecule has 0 atom stereocenters. The lowest BCUT2D eigenvalue weighted by Gasteiger charge is -2.22. The Balaban J connectivity index is 1.47. The molecule has 0 saturated heterocycles. The van der Waals surface area contributed by atoms with Crippen molar-refractivity contribution >= 4 is 39.2 Å². The highest BCUT2D eigenvalue weighted by Crippen LogP contribution is 2.36. The zero-order valence-electron chi connectivity index (χ0n) is 18.9. The van der Waals surface area contributed by atoms with Crippen molar-refractivity contribution in [3.8, 4) is 11.4 Å². The van der Waals surface area contributed by atoms with E-state index in [1.54, 1.807) is 15.9 Å². The van der Waals surface area contributed by atoms with Crippen LogP contribution in [0, 0.1) is 0 Å². The molecule has 0 aliphatic heterocycles. The zero-order valence-corrected chi connectivity index (χ0v) is 20.5. The molecule has 2 aliphatic rings. The molecule has 2 aromatic heterocycles. The monoisotopic (exact) mass is 483 g/mol. The normalized spacial score (nSPS) is 16.2. The van der Waals surface area contributed by atoms with Crippen LogP contribution in [0.3, 0.4) is 0 Å². The molecule has 2 heterocycles.